The molecule has 1 heterocycles. The van der Waals surface area contributed by atoms with Crippen molar-refractivity contribution in [3.05, 3.63) is 23.8 Å². The molecule has 4 heteroatoms. The first-order chi connectivity index (χ1) is 8.18. The number of thioether (sulfide) groups is 1. The van der Waals surface area contributed by atoms with Crippen LogP contribution in [0, 0.1) is 0 Å². The maximum Gasteiger partial charge on any atom is 0.168 e. The molecule has 0 N–H and O–H groups in total. The molecule has 17 heavy (non-hydrogen) atoms. The molecule has 92 valence electrons. The monoisotopic (exact) mass is 251 g/mol. The average Bonchev–Trinajstić information content (AvgIpc) is 2.29. The van der Waals surface area contributed by atoms with Crippen LogP contribution in [0.15, 0.2) is 23.1 Å². The van der Waals surface area contributed by atoms with Gasteiger partial charge in [0, 0.05) is 23.6 Å². The third-order valence-corrected chi connectivity index (χ3v) is 3.71. The smallest absolute Gasteiger partial charge is 0.168 e. The van der Waals surface area contributed by atoms with Gasteiger partial charge in [-0.15, -0.1) is 11.8 Å². The number of nitrogens with zero attached hydrogens (tertiary/aromatic N) is 1. The van der Waals surface area contributed by atoms with Crippen LogP contribution < -0.4 is 4.74 Å². The second-order valence-electron chi connectivity index (χ2n) is 4.30. The van der Waals surface area contributed by atoms with E-state index in [4.69, 9.17) is 4.74 Å². The van der Waals surface area contributed by atoms with Gasteiger partial charge >= 0.3 is 0 Å². The topological polar surface area (TPSA) is 29.5 Å². The number of fused-ring (bicyclic) bond motifs is 1. The Kier molecular flexibility index (Phi) is 4.07. The molecular formula is C13H17NO2S. The van der Waals surface area contributed by atoms with Crippen molar-refractivity contribution in [3.63, 3.8) is 0 Å². The molecule has 1 aromatic carbocycles. The molecule has 0 fully saturated rings. The van der Waals surface area contributed by atoms with E-state index < -0.39 is 0 Å². The molecule has 0 aromatic heterocycles. The molecular weight excluding hydrogens is 234 g/mol. The Morgan fingerprint density at radius 3 is 3.00 bits per heavy atom. The van der Waals surface area contributed by atoms with Crippen LogP contribution >= 0.6 is 11.8 Å². The van der Waals surface area contributed by atoms with Crippen molar-refractivity contribution in [2.45, 2.75) is 11.3 Å². The maximum atomic E-state index is 11.9. The standard InChI is InChI=1S/C13H17NO2S/c1-14(2)7-8-16-11-4-3-5-12-13(11)10(15)6-9-17-12/h3-5H,6-9H2,1-2H3. The normalized spacial score (nSPS) is 14.9. The third-order valence-electron chi connectivity index (χ3n) is 2.65. The second kappa shape index (κ2) is 5.56. The van der Waals surface area contributed by atoms with Crippen LogP contribution in [-0.4, -0.2) is 43.7 Å². The summed E-state index contributed by atoms with van der Waals surface area (Å²) in [5, 5.41) is 0. The van der Waals surface area contributed by atoms with Crippen LogP contribution in [0.5, 0.6) is 5.75 Å². The minimum absolute atomic E-state index is 0.208. The van der Waals surface area contributed by atoms with Gasteiger partial charge in [0.15, 0.2) is 5.78 Å². The molecule has 0 unspecified atom stereocenters. The summed E-state index contributed by atoms with van der Waals surface area (Å²) < 4.78 is 5.71. The van der Waals surface area contributed by atoms with E-state index in [-0.39, 0.29) is 5.78 Å². The van der Waals surface area contributed by atoms with Crippen molar-refractivity contribution in [3.8, 4) is 5.75 Å². The molecule has 0 radical (unpaired) electrons. The zero-order valence-corrected chi connectivity index (χ0v) is 11.0. The summed E-state index contributed by atoms with van der Waals surface area (Å²) in [4.78, 5) is 15.0. The number of carbonyl (C=O) groups is 1. The summed E-state index contributed by atoms with van der Waals surface area (Å²) in [6.07, 6.45) is 0.617. The van der Waals surface area contributed by atoms with E-state index in [0.29, 0.717) is 13.0 Å². The first kappa shape index (κ1) is 12.5. The van der Waals surface area contributed by atoms with Gasteiger partial charge in [0.1, 0.15) is 12.4 Å². The fourth-order valence-electron chi connectivity index (χ4n) is 1.74. The molecule has 3 nitrogen and oxygen atoms in total. The summed E-state index contributed by atoms with van der Waals surface area (Å²) in [7, 11) is 4.01. The van der Waals surface area contributed by atoms with Crippen molar-refractivity contribution in [1.82, 2.24) is 4.90 Å². The molecule has 1 aliphatic heterocycles. The minimum Gasteiger partial charge on any atom is -0.491 e. The van der Waals surface area contributed by atoms with E-state index in [2.05, 4.69) is 4.90 Å². The van der Waals surface area contributed by atoms with Gasteiger partial charge in [0.05, 0.1) is 5.56 Å². The number of carbonyl (C=O) groups excluding carboxylic acids is 1. The summed E-state index contributed by atoms with van der Waals surface area (Å²) in [5.74, 6) is 1.83. The van der Waals surface area contributed by atoms with E-state index in [9.17, 15) is 4.79 Å². The first-order valence-corrected chi connectivity index (χ1v) is 6.73. The summed E-state index contributed by atoms with van der Waals surface area (Å²) in [5.41, 5.74) is 0.780. The lowest BCUT2D eigenvalue weighted by atomic mass is 10.1. The zero-order chi connectivity index (χ0) is 12.3. The van der Waals surface area contributed by atoms with Gasteiger partial charge < -0.3 is 9.64 Å². The predicted molar refractivity (Wildman–Crippen MR) is 70.2 cm³/mol. The molecule has 0 atom stereocenters. The molecule has 1 aromatic rings. The van der Waals surface area contributed by atoms with Crippen LogP contribution in [0.3, 0.4) is 0 Å². The van der Waals surface area contributed by atoms with Crippen LogP contribution in [0.25, 0.3) is 0 Å². The number of hydrogen-bond acceptors (Lipinski definition) is 4. The van der Waals surface area contributed by atoms with Gasteiger partial charge in [-0.3, -0.25) is 4.79 Å². The number of hydrogen-bond donors (Lipinski definition) is 0. The highest BCUT2D eigenvalue weighted by atomic mass is 32.2. The molecule has 0 saturated carbocycles. The van der Waals surface area contributed by atoms with Gasteiger partial charge in [-0.25, -0.2) is 0 Å². The molecule has 1 aliphatic rings. The molecule has 0 spiro atoms. The van der Waals surface area contributed by atoms with Crippen LogP contribution in [-0.2, 0) is 0 Å². The van der Waals surface area contributed by atoms with E-state index in [1.165, 1.54) is 0 Å². The number of Topliss-reactive ketones (excluding diaryl/α,β-unsaturated/α-hetero) is 1. The number of likely N-dealkylation sites (N-methyl/N-ethyl adjacent to an activating group) is 1. The van der Waals surface area contributed by atoms with Gasteiger partial charge in [-0.2, -0.15) is 0 Å². The van der Waals surface area contributed by atoms with E-state index in [1.54, 1.807) is 11.8 Å². The van der Waals surface area contributed by atoms with Gasteiger partial charge in [-0.1, -0.05) is 6.07 Å². The Labute approximate surface area is 106 Å². The fraction of sp³-hybridized carbons (Fsp3) is 0.462. The first-order valence-electron chi connectivity index (χ1n) is 5.75. The van der Waals surface area contributed by atoms with Gasteiger partial charge in [-0.05, 0) is 26.2 Å². The summed E-state index contributed by atoms with van der Waals surface area (Å²) in [6.45, 7) is 1.46. The Morgan fingerprint density at radius 2 is 2.24 bits per heavy atom. The number of ketones is 1. The van der Waals surface area contributed by atoms with Crippen LogP contribution in [0.4, 0.5) is 0 Å². The lowest BCUT2D eigenvalue weighted by molar-refractivity contribution is 0.0980. The van der Waals surface area contributed by atoms with Crippen LogP contribution in [0.2, 0.25) is 0 Å². The lowest BCUT2D eigenvalue weighted by Gasteiger charge is -2.18. The van der Waals surface area contributed by atoms with E-state index in [1.807, 2.05) is 32.3 Å². The highest BCUT2D eigenvalue weighted by molar-refractivity contribution is 7.99. The van der Waals surface area contributed by atoms with Crippen LogP contribution in [0.1, 0.15) is 16.8 Å². The fourth-order valence-corrected chi connectivity index (χ4v) is 2.78. The predicted octanol–water partition coefficient (Wildman–Crippen LogP) is 2.31. The van der Waals surface area contributed by atoms with Gasteiger partial charge in [0.25, 0.3) is 0 Å². The highest BCUT2D eigenvalue weighted by Crippen LogP contribution is 2.35. The van der Waals surface area contributed by atoms with Crippen molar-refractivity contribution in [1.29, 1.82) is 0 Å². The van der Waals surface area contributed by atoms with E-state index in [0.717, 1.165) is 28.5 Å². The Bertz CT molecular complexity index is 418. The third kappa shape index (κ3) is 3.01. The second-order valence-corrected chi connectivity index (χ2v) is 5.44. The number of ether oxygens (including phenoxy) is 1. The zero-order valence-electron chi connectivity index (χ0n) is 10.2. The van der Waals surface area contributed by atoms with Gasteiger partial charge in [0.2, 0.25) is 0 Å². The van der Waals surface area contributed by atoms with Crippen molar-refractivity contribution in [2.75, 3.05) is 33.0 Å². The van der Waals surface area contributed by atoms with Crippen molar-refractivity contribution in [2.24, 2.45) is 0 Å². The molecule has 0 aliphatic carbocycles. The minimum atomic E-state index is 0.208. The van der Waals surface area contributed by atoms with Crippen molar-refractivity contribution < 1.29 is 9.53 Å². The van der Waals surface area contributed by atoms with Crippen molar-refractivity contribution >= 4 is 17.5 Å². The SMILES string of the molecule is CN(C)CCOc1cccc2c1C(=O)CCS2. The highest BCUT2D eigenvalue weighted by Gasteiger charge is 2.21. The average molecular weight is 251 g/mol. The Balaban J connectivity index is 2.14. The number of benzene rings is 1. The molecule has 2 rings (SSSR count). The summed E-state index contributed by atoms with van der Waals surface area (Å²) >= 11 is 1.74. The molecule has 0 bridgehead atoms. The van der Waals surface area contributed by atoms with E-state index >= 15 is 0 Å². The Hall–Kier alpha value is -1.000. The maximum absolute atomic E-state index is 11.9. The molecule has 0 amide bonds. The molecule has 0 saturated heterocycles. The quantitative estimate of drug-likeness (QED) is 0.821. The summed E-state index contributed by atoms with van der Waals surface area (Å²) in [6, 6.07) is 5.84. The number of rotatable bonds is 4. The largest absolute Gasteiger partial charge is 0.491 e. The Morgan fingerprint density at radius 1 is 1.41 bits per heavy atom. The lowest BCUT2D eigenvalue weighted by Crippen LogP contribution is -2.20.